The third-order valence-corrected chi connectivity index (χ3v) is 4.33. The highest BCUT2D eigenvalue weighted by atomic mass is 16.5. The highest BCUT2D eigenvalue weighted by Gasteiger charge is 2.22. The zero-order valence-electron chi connectivity index (χ0n) is 11.9. The van der Waals surface area contributed by atoms with E-state index >= 15 is 0 Å². The van der Waals surface area contributed by atoms with Crippen LogP contribution in [0.4, 0.5) is 11.4 Å². The van der Waals surface area contributed by atoms with E-state index in [1.54, 1.807) is 0 Å². The highest BCUT2D eigenvalue weighted by molar-refractivity contribution is 5.55. The molecule has 1 aliphatic heterocycles. The number of morpholine rings is 1. The van der Waals surface area contributed by atoms with E-state index in [0.717, 1.165) is 51.3 Å². The van der Waals surface area contributed by atoms with E-state index in [-0.39, 0.29) is 12.1 Å². The molecule has 0 amide bonds. The van der Waals surface area contributed by atoms with E-state index in [2.05, 4.69) is 34.5 Å². The Morgan fingerprint density at radius 2 is 1.75 bits per heavy atom. The van der Waals surface area contributed by atoms with Crippen LogP contribution >= 0.6 is 0 Å². The van der Waals surface area contributed by atoms with Crippen LogP contribution in [0.5, 0.6) is 0 Å². The fourth-order valence-corrected chi connectivity index (χ4v) is 3.08. The molecule has 3 rings (SSSR count). The average molecular weight is 276 g/mol. The van der Waals surface area contributed by atoms with Crippen LogP contribution in [0.2, 0.25) is 0 Å². The number of hydrogen-bond donors (Lipinski definition) is 2. The Bertz CT molecular complexity index is 415. The first-order valence-electron chi connectivity index (χ1n) is 7.70. The highest BCUT2D eigenvalue weighted by Crippen LogP contribution is 2.24. The second-order valence-corrected chi connectivity index (χ2v) is 5.75. The molecule has 2 atom stereocenters. The number of benzene rings is 1. The van der Waals surface area contributed by atoms with Gasteiger partial charge in [-0.25, -0.2) is 0 Å². The van der Waals surface area contributed by atoms with E-state index in [9.17, 15) is 5.11 Å². The van der Waals surface area contributed by atoms with Crippen LogP contribution in [-0.2, 0) is 4.74 Å². The predicted molar refractivity (Wildman–Crippen MR) is 81.4 cm³/mol. The number of anilines is 2. The molecule has 2 fully saturated rings. The van der Waals surface area contributed by atoms with Gasteiger partial charge < -0.3 is 20.1 Å². The first-order chi connectivity index (χ1) is 9.83. The molecule has 2 N–H and O–H groups in total. The minimum Gasteiger partial charge on any atom is -0.391 e. The molecular formula is C16H24N2O2. The lowest BCUT2D eigenvalue weighted by molar-refractivity contribution is 0.116. The number of aliphatic hydroxyl groups is 1. The van der Waals surface area contributed by atoms with Crippen molar-refractivity contribution >= 4 is 11.4 Å². The largest absolute Gasteiger partial charge is 0.391 e. The zero-order chi connectivity index (χ0) is 13.8. The fraction of sp³-hybridized carbons (Fsp3) is 0.625. The Balaban J connectivity index is 1.60. The van der Waals surface area contributed by atoms with E-state index in [4.69, 9.17) is 4.74 Å². The number of aliphatic hydroxyl groups excluding tert-OH is 1. The maximum absolute atomic E-state index is 10.0. The van der Waals surface area contributed by atoms with Crippen molar-refractivity contribution in [3.63, 3.8) is 0 Å². The van der Waals surface area contributed by atoms with Crippen LogP contribution in [0.3, 0.4) is 0 Å². The smallest absolute Gasteiger partial charge is 0.0741 e. The molecule has 2 aliphatic rings. The molecule has 1 aromatic carbocycles. The molecule has 1 aliphatic carbocycles. The van der Waals surface area contributed by atoms with Gasteiger partial charge in [-0.1, -0.05) is 12.8 Å². The van der Waals surface area contributed by atoms with Crippen LogP contribution < -0.4 is 10.2 Å². The number of nitrogens with one attached hydrogen (secondary N) is 1. The quantitative estimate of drug-likeness (QED) is 0.888. The van der Waals surface area contributed by atoms with E-state index in [1.165, 1.54) is 12.1 Å². The van der Waals surface area contributed by atoms with Gasteiger partial charge in [0.25, 0.3) is 0 Å². The van der Waals surface area contributed by atoms with Crippen molar-refractivity contribution in [3.8, 4) is 0 Å². The molecule has 110 valence electrons. The molecule has 4 nitrogen and oxygen atoms in total. The summed E-state index contributed by atoms with van der Waals surface area (Å²) in [4.78, 5) is 2.35. The van der Waals surface area contributed by atoms with Crippen molar-refractivity contribution < 1.29 is 9.84 Å². The Hall–Kier alpha value is -1.26. The first kappa shape index (κ1) is 13.7. The van der Waals surface area contributed by atoms with Crippen molar-refractivity contribution in [1.29, 1.82) is 0 Å². The van der Waals surface area contributed by atoms with Crippen molar-refractivity contribution in [2.75, 3.05) is 36.5 Å². The second kappa shape index (κ2) is 6.46. The van der Waals surface area contributed by atoms with Crippen molar-refractivity contribution in [2.24, 2.45) is 0 Å². The summed E-state index contributed by atoms with van der Waals surface area (Å²) in [6.45, 7) is 3.56. The van der Waals surface area contributed by atoms with Crippen molar-refractivity contribution in [1.82, 2.24) is 0 Å². The molecule has 1 aromatic rings. The lowest BCUT2D eigenvalue weighted by atomic mass is 9.92. The minimum atomic E-state index is -0.206. The molecule has 0 spiro atoms. The summed E-state index contributed by atoms with van der Waals surface area (Å²) in [7, 11) is 0. The normalized spacial score (nSPS) is 27.4. The molecule has 20 heavy (non-hydrogen) atoms. The minimum absolute atomic E-state index is 0.206. The summed E-state index contributed by atoms with van der Waals surface area (Å²) in [6.07, 6.45) is 4.13. The fourth-order valence-electron chi connectivity index (χ4n) is 3.08. The van der Waals surface area contributed by atoms with Gasteiger partial charge in [0.15, 0.2) is 0 Å². The summed E-state index contributed by atoms with van der Waals surface area (Å²) in [5.74, 6) is 0. The number of nitrogens with zero attached hydrogens (tertiary/aromatic N) is 1. The third-order valence-electron chi connectivity index (χ3n) is 4.33. The Kier molecular flexibility index (Phi) is 4.43. The molecule has 0 aromatic heterocycles. The lowest BCUT2D eigenvalue weighted by Gasteiger charge is -2.30. The second-order valence-electron chi connectivity index (χ2n) is 5.75. The molecule has 0 bridgehead atoms. The molecule has 1 heterocycles. The SMILES string of the molecule is OC1CCCCC1Nc1ccc(N2CCOCC2)cc1. The van der Waals surface area contributed by atoms with Crippen LogP contribution in [0.15, 0.2) is 24.3 Å². The van der Waals surface area contributed by atoms with Crippen molar-refractivity contribution in [3.05, 3.63) is 24.3 Å². The maximum atomic E-state index is 10.0. The topological polar surface area (TPSA) is 44.7 Å². The Morgan fingerprint density at radius 3 is 2.45 bits per heavy atom. The van der Waals surface area contributed by atoms with Gasteiger partial charge in [0.1, 0.15) is 0 Å². The Morgan fingerprint density at radius 1 is 1.05 bits per heavy atom. The predicted octanol–water partition coefficient (Wildman–Crippen LogP) is 2.24. The van der Waals surface area contributed by atoms with Crippen LogP contribution in [0.25, 0.3) is 0 Å². The van der Waals surface area contributed by atoms with Gasteiger partial charge in [0, 0.05) is 24.5 Å². The van der Waals surface area contributed by atoms with Crippen LogP contribution in [-0.4, -0.2) is 43.6 Å². The Labute approximate surface area is 120 Å². The van der Waals surface area contributed by atoms with Gasteiger partial charge >= 0.3 is 0 Å². The summed E-state index contributed by atoms with van der Waals surface area (Å²) in [5.41, 5.74) is 2.36. The monoisotopic (exact) mass is 276 g/mol. The van der Waals surface area contributed by atoms with Gasteiger partial charge in [0.2, 0.25) is 0 Å². The van der Waals surface area contributed by atoms with Gasteiger partial charge in [0.05, 0.1) is 25.4 Å². The summed E-state index contributed by atoms with van der Waals surface area (Å²) < 4.78 is 5.38. The van der Waals surface area contributed by atoms with Gasteiger partial charge in [-0.05, 0) is 37.1 Å². The molecule has 4 heteroatoms. The number of ether oxygens (including phenoxy) is 1. The molecule has 2 unspecified atom stereocenters. The molecule has 0 radical (unpaired) electrons. The van der Waals surface area contributed by atoms with Crippen molar-refractivity contribution in [2.45, 2.75) is 37.8 Å². The standard InChI is InChI=1S/C16H24N2O2/c19-16-4-2-1-3-15(16)17-13-5-7-14(8-6-13)18-9-11-20-12-10-18/h5-8,15-17,19H,1-4,9-12H2. The molecule has 1 saturated carbocycles. The summed E-state index contributed by atoms with van der Waals surface area (Å²) >= 11 is 0. The van der Waals surface area contributed by atoms with E-state index < -0.39 is 0 Å². The first-order valence-corrected chi connectivity index (χ1v) is 7.70. The summed E-state index contributed by atoms with van der Waals surface area (Å²) in [6, 6.07) is 8.75. The lowest BCUT2D eigenvalue weighted by Crippen LogP contribution is -2.36. The molecule has 1 saturated heterocycles. The number of rotatable bonds is 3. The van der Waals surface area contributed by atoms with E-state index in [1.807, 2.05) is 0 Å². The molecular weight excluding hydrogens is 252 g/mol. The van der Waals surface area contributed by atoms with Crippen LogP contribution in [0.1, 0.15) is 25.7 Å². The van der Waals surface area contributed by atoms with Gasteiger partial charge in [-0.15, -0.1) is 0 Å². The van der Waals surface area contributed by atoms with Gasteiger partial charge in [-0.2, -0.15) is 0 Å². The number of hydrogen-bond acceptors (Lipinski definition) is 4. The zero-order valence-corrected chi connectivity index (χ0v) is 11.9. The van der Waals surface area contributed by atoms with Crippen LogP contribution in [0, 0.1) is 0 Å². The third kappa shape index (κ3) is 3.25. The van der Waals surface area contributed by atoms with Gasteiger partial charge in [-0.3, -0.25) is 0 Å². The summed E-state index contributed by atoms with van der Waals surface area (Å²) in [5, 5.41) is 13.5. The maximum Gasteiger partial charge on any atom is 0.0741 e. The average Bonchev–Trinajstić information content (AvgIpc) is 2.51. The van der Waals surface area contributed by atoms with E-state index in [0.29, 0.717) is 0 Å².